The Morgan fingerprint density at radius 1 is 1.29 bits per heavy atom. The van der Waals surface area contributed by atoms with Crippen molar-refractivity contribution in [1.82, 2.24) is 9.03 Å². The highest BCUT2D eigenvalue weighted by molar-refractivity contribution is 7.87. The molecule has 124 valence electrons. The van der Waals surface area contributed by atoms with Crippen LogP contribution in [-0.4, -0.2) is 44.1 Å². The lowest BCUT2D eigenvalue weighted by molar-refractivity contribution is 0.131. The minimum atomic E-state index is -3.95. The molecule has 0 heterocycles. The Kier molecular flexibility index (Phi) is 6.89. The molecule has 8 heteroatoms. The molecule has 7 nitrogen and oxygen atoms in total. The van der Waals surface area contributed by atoms with Crippen LogP contribution in [0.25, 0.3) is 0 Å². The van der Waals surface area contributed by atoms with Crippen molar-refractivity contribution in [3.63, 3.8) is 0 Å². The van der Waals surface area contributed by atoms with Gasteiger partial charge in [0, 0.05) is 18.6 Å². The minimum absolute atomic E-state index is 0.122. The first-order valence-electron chi connectivity index (χ1n) is 7.59. The number of nitrogens with one attached hydrogen (secondary N) is 1. The average molecular weight is 321 g/mol. The Morgan fingerprint density at radius 2 is 1.90 bits per heavy atom. The number of ether oxygens (including phenoxy) is 1. The predicted molar refractivity (Wildman–Crippen MR) is 80.9 cm³/mol. The SMILES string of the molecule is CCCN(C1(CN)CCCCC1)S(=O)(=O)NC(=O)OCC. The first kappa shape index (κ1) is 18.2. The normalized spacial score (nSPS) is 18.5. The maximum atomic E-state index is 12.5. The van der Waals surface area contributed by atoms with Crippen LogP contribution in [0, 0.1) is 0 Å². The van der Waals surface area contributed by atoms with E-state index in [1.54, 1.807) is 6.92 Å². The molecule has 3 N–H and O–H groups in total. The maximum Gasteiger partial charge on any atom is 0.421 e. The molecule has 1 saturated carbocycles. The van der Waals surface area contributed by atoms with Crippen LogP contribution < -0.4 is 10.5 Å². The number of carbonyl (C=O) groups is 1. The van der Waals surface area contributed by atoms with E-state index >= 15 is 0 Å². The van der Waals surface area contributed by atoms with Gasteiger partial charge in [-0.25, -0.2) is 9.52 Å². The van der Waals surface area contributed by atoms with Gasteiger partial charge in [-0.2, -0.15) is 12.7 Å². The molecule has 1 rings (SSSR count). The summed E-state index contributed by atoms with van der Waals surface area (Å²) in [4.78, 5) is 11.5. The molecule has 1 aliphatic carbocycles. The average Bonchev–Trinajstić information content (AvgIpc) is 2.45. The molecule has 21 heavy (non-hydrogen) atoms. The van der Waals surface area contributed by atoms with Gasteiger partial charge in [-0.15, -0.1) is 0 Å². The molecular formula is C13H27N3O4S. The second kappa shape index (κ2) is 7.95. The highest BCUT2D eigenvalue weighted by Crippen LogP contribution is 2.34. The summed E-state index contributed by atoms with van der Waals surface area (Å²) >= 11 is 0. The van der Waals surface area contributed by atoms with Crippen molar-refractivity contribution < 1.29 is 17.9 Å². The van der Waals surface area contributed by atoms with Crippen molar-refractivity contribution in [2.24, 2.45) is 5.73 Å². The number of carbonyl (C=O) groups excluding carboxylic acids is 1. The summed E-state index contributed by atoms with van der Waals surface area (Å²) in [6, 6.07) is 0. The third kappa shape index (κ3) is 4.55. The van der Waals surface area contributed by atoms with E-state index < -0.39 is 21.8 Å². The van der Waals surface area contributed by atoms with E-state index in [9.17, 15) is 13.2 Å². The fourth-order valence-electron chi connectivity index (χ4n) is 2.90. The number of rotatable bonds is 7. The number of nitrogens with zero attached hydrogens (tertiary/aromatic N) is 1. The Morgan fingerprint density at radius 3 is 2.38 bits per heavy atom. The van der Waals surface area contributed by atoms with Crippen molar-refractivity contribution in [2.45, 2.75) is 57.9 Å². The second-order valence-corrected chi connectivity index (χ2v) is 6.98. The monoisotopic (exact) mass is 321 g/mol. The van der Waals surface area contributed by atoms with Gasteiger partial charge in [-0.3, -0.25) is 0 Å². The lowest BCUT2D eigenvalue weighted by Crippen LogP contribution is -2.60. The smallest absolute Gasteiger partial charge is 0.421 e. The molecule has 0 saturated heterocycles. The summed E-state index contributed by atoms with van der Waals surface area (Å²) in [5.41, 5.74) is 5.31. The van der Waals surface area contributed by atoms with Crippen LogP contribution in [-0.2, 0) is 14.9 Å². The van der Waals surface area contributed by atoms with Crippen molar-refractivity contribution in [3.8, 4) is 0 Å². The van der Waals surface area contributed by atoms with E-state index in [0.29, 0.717) is 13.0 Å². The fourth-order valence-corrected chi connectivity index (χ4v) is 4.47. The van der Waals surface area contributed by atoms with Crippen LogP contribution in [0.1, 0.15) is 52.4 Å². The van der Waals surface area contributed by atoms with Crippen LogP contribution in [0.5, 0.6) is 0 Å². The number of hydrogen-bond acceptors (Lipinski definition) is 5. The zero-order chi connectivity index (χ0) is 15.9. The van der Waals surface area contributed by atoms with Gasteiger partial charge in [0.2, 0.25) is 0 Å². The van der Waals surface area contributed by atoms with E-state index in [1.807, 2.05) is 11.6 Å². The highest BCUT2D eigenvalue weighted by Gasteiger charge is 2.43. The number of amides is 1. The summed E-state index contributed by atoms with van der Waals surface area (Å²) in [6.07, 6.45) is 4.17. The standard InChI is InChI=1S/C13H27N3O4S/c1-3-10-16(13(11-14)8-6-5-7-9-13)21(18,19)15-12(17)20-4-2/h3-11,14H2,1-2H3,(H,15,17). The molecule has 1 aliphatic rings. The summed E-state index contributed by atoms with van der Waals surface area (Å²) in [5, 5.41) is 0. The fraction of sp³-hybridized carbons (Fsp3) is 0.923. The van der Waals surface area contributed by atoms with Crippen molar-refractivity contribution >= 4 is 16.3 Å². The minimum Gasteiger partial charge on any atom is -0.449 e. The lowest BCUT2D eigenvalue weighted by atomic mass is 9.81. The third-order valence-corrected chi connectivity index (χ3v) is 5.47. The Hall–Kier alpha value is -0.860. The largest absolute Gasteiger partial charge is 0.449 e. The summed E-state index contributed by atoms with van der Waals surface area (Å²) in [5.74, 6) is 0. The van der Waals surface area contributed by atoms with Crippen LogP contribution in [0.3, 0.4) is 0 Å². The Balaban J connectivity index is 3.00. The van der Waals surface area contributed by atoms with Crippen LogP contribution in [0.4, 0.5) is 4.79 Å². The van der Waals surface area contributed by atoms with Crippen molar-refractivity contribution in [1.29, 1.82) is 0 Å². The van der Waals surface area contributed by atoms with E-state index in [-0.39, 0.29) is 13.2 Å². The molecule has 0 aromatic heterocycles. The highest BCUT2D eigenvalue weighted by atomic mass is 32.2. The van der Waals surface area contributed by atoms with E-state index in [0.717, 1.165) is 32.1 Å². The molecule has 0 aromatic carbocycles. The van der Waals surface area contributed by atoms with E-state index in [4.69, 9.17) is 5.73 Å². The molecule has 1 fully saturated rings. The van der Waals surface area contributed by atoms with Crippen LogP contribution in [0.2, 0.25) is 0 Å². The summed E-state index contributed by atoms with van der Waals surface area (Å²) in [7, 11) is -3.95. The molecule has 0 aromatic rings. The quantitative estimate of drug-likeness (QED) is 0.737. The summed E-state index contributed by atoms with van der Waals surface area (Å²) in [6.45, 7) is 4.25. The van der Waals surface area contributed by atoms with E-state index in [2.05, 4.69) is 4.74 Å². The van der Waals surface area contributed by atoms with E-state index in [1.165, 1.54) is 4.31 Å². The topological polar surface area (TPSA) is 102 Å². The molecule has 0 bridgehead atoms. The van der Waals surface area contributed by atoms with Gasteiger partial charge < -0.3 is 10.5 Å². The lowest BCUT2D eigenvalue weighted by Gasteiger charge is -2.44. The zero-order valence-corrected chi connectivity index (χ0v) is 13.7. The molecule has 0 atom stereocenters. The molecule has 0 unspecified atom stereocenters. The van der Waals surface area contributed by atoms with Gasteiger partial charge in [-0.05, 0) is 26.2 Å². The van der Waals surface area contributed by atoms with Gasteiger partial charge in [0.1, 0.15) is 0 Å². The second-order valence-electron chi connectivity index (χ2n) is 5.39. The maximum absolute atomic E-state index is 12.5. The number of hydrogen-bond donors (Lipinski definition) is 2. The Labute approximate surface area is 127 Å². The first-order chi connectivity index (χ1) is 9.91. The van der Waals surface area contributed by atoms with Gasteiger partial charge in [0.25, 0.3) is 0 Å². The first-order valence-corrected chi connectivity index (χ1v) is 9.03. The predicted octanol–water partition coefficient (Wildman–Crippen LogP) is 1.35. The number of nitrogens with two attached hydrogens (primary N) is 1. The van der Waals surface area contributed by atoms with Crippen molar-refractivity contribution in [2.75, 3.05) is 19.7 Å². The zero-order valence-electron chi connectivity index (χ0n) is 12.9. The molecule has 1 amide bonds. The molecular weight excluding hydrogens is 294 g/mol. The third-order valence-electron chi connectivity index (χ3n) is 3.90. The van der Waals surface area contributed by atoms with Crippen LogP contribution in [0.15, 0.2) is 0 Å². The van der Waals surface area contributed by atoms with Crippen molar-refractivity contribution in [3.05, 3.63) is 0 Å². The summed E-state index contributed by atoms with van der Waals surface area (Å²) < 4.78 is 33.1. The van der Waals surface area contributed by atoms with Gasteiger partial charge in [-0.1, -0.05) is 26.2 Å². The molecule has 0 spiro atoms. The molecule has 0 radical (unpaired) electrons. The Bertz CT molecular complexity index is 433. The van der Waals surface area contributed by atoms with Crippen LogP contribution >= 0.6 is 0 Å². The molecule has 0 aliphatic heterocycles. The van der Waals surface area contributed by atoms with Gasteiger partial charge >= 0.3 is 16.3 Å². The van der Waals surface area contributed by atoms with Gasteiger partial charge in [0.15, 0.2) is 0 Å². The van der Waals surface area contributed by atoms with Gasteiger partial charge in [0.05, 0.1) is 6.61 Å².